The maximum Gasteiger partial charge on any atom is 0.336 e. The number of carboxylic acids is 1. The summed E-state index contributed by atoms with van der Waals surface area (Å²) < 4.78 is 0. The summed E-state index contributed by atoms with van der Waals surface area (Å²) in [6.45, 7) is 5.40. The van der Waals surface area contributed by atoms with Gasteiger partial charge in [-0.1, -0.05) is 6.92 Å². The van der Waals surface area contributed by atoms with Crippen LogP contribution in [0.4, 0.5) is 0 Å². The third-order valence-electron chi connectivity index (χ3n) is 2.32. The van der Waals surface area contributed by atoms with Gasteiger partial charge in [-0.3, -0.25) is 4.90 Å². The second-order valence-electron chi connectivity index (χ2n) is 4.00. The van der Waals surface area contributed by atoms with Crippen molar-refractivity contribution in [2.24, 2.45) is 0 Å². The lowest BCUT2D eigenvalue weighted by molar-refractivity contribution is -0.158. The van der Waals surface area contributed by atoms with E-state index in [1.54, 1.807) is 0 Å². The Kier molecular flexibility index (Phi) is 3.80. The maximum atomic E-state index is 10.7. The Morgan fingerprint density at radius 2 is 2.36 bits per heavy atom. The van der Waals surface area contributed by atoms with Crippen molar-refractivity contribution in [3.05, 3.63) is 0 Å². The molecule has 1 fully saturated rings. The van der Waals surface area contributed by atoms with Gasteiger partial charge in [-0.2, -0.15) is 11.8 Å². The highest BCUT2D eigenvalue weighted by atomic mass is 32.2. The van der Waals surface area contributed by atoms with Crippen molar-refractivity contribution >= 4 is 17.7 Å². The Bertz CT molecular complexity index is 220. The van der Waals surface area contributed by atoms with Crippen LogP contribution in [-0.2, 0) is 4.79 Å². The summed E-state index contributed by atoms with van der Waals surface area (Å²) >= 11 is 1.89. The van der Waals surface area contributed by atoms with Gasteiger partial charge in [-0.15, -0.1) is 0 Å². The molecule has 0 aliphatic carbocycles. The standard InChI is InChI=1S/C9H17NO3S/c1-7-5-10(3-4-14-7)6-9(2,13)8(11)12/h7,13H,3-6H2,1-2H3,(H,11,12). The quantitative estimate of drug-likeness (QED) is 0.713. The number of aliphatic carboxylic acids is 1. The number of rotatable bonds is 3. The summed E-state index contributed by atoms with van der Waals surface area (Å²) in [5.74, 6) is -0.139. The van der Waals surface area contributed by atoms with Gasteiger partial charge in [0, 0.05) is 30.6 Å². The van der Waals surface area contributed by atoms with Crippen LogP contribution in [0.3, 0.4) is 0 Å². The number of nitrogens with zero attached hydrogens (tertiary/aromatic N) is 1. The molecule has 0 radical (unpaired) electrons. The van der Waals surface area contributed by atoms with E-state index in [0.717, 1.165) is 18.8 Å². The first-order chi connectivity index (χ1) is 6.42. The number of hydrogen-bond donors (Lipinski definition) is 2. The first-order valence-electron chi connectivity index (χ1n) is 4.71. The van der Waals surface area contributed by atoms with Gasteiger partial charge in [0.25, 0.3) is 0 Å². The predicted octanol–water partition coefficient (Wildman–Crippen LogP) is 0.259. The molecule has 1 saturated heterocycles. The van der Waals surface area contributed by atoms with E-state index in [0.29, 0.717) is 5.25 Å². The number of β-amino-alcohol motifs (C(OH)–C–C–N with tert-alkyl or cyclic N) is 1. The fraction of sp³-hybridized carbons (Fsp3) is 0.889. The van der Waals surface area contributed by atoms with E-state index in [1.807, 2.05) is 16.7 Å². The maximum absolute atomic E-state index is 10.7. The molecule has 2 unspecified atom stereocenters. The van der Waals surface area contributed by atoms with Crippen LogP contribution in [0.1, 0.15) is 13.8 Å². The van der Waals surface area contributed by atoms with E-state index in [9.17, 15) is 9.90 Å². The molecule has 1 aliphatic rings. The molecule has 4 nitrogen and oxygen atoms in total. The zero-order chi connectivity index (χ0) is 10.8. The largest absolute Gasteiger partial charge is 0.479 e. The van der Waals surface area contributed by atoms with Crippen molar-refractivity contribution in [3.63, 3.8) is 0 Å². The molecule has 0 aromatic heterocycles. The molecule has 1 heterocycles. The third-order valence-corrected chi connectivity index (χ3v) is 3.45. The van der Waals surface area contributed by atoms with Gasteiger partial charge in [0.05, 0.1) is 0 Å². The first kappa shape index (κ1) is 11.8. The van der Waals surface area contributed by atoms with Crippen LogP contribution in [0.25, 0.3) is 0 Å². The molecule has 2 N–H and O–H groups in total. The smallest absolute Gasteiger partial charge is 0.336 e. The zero-order valence-corrected chi connectivity index (χ0v) is 9.38. The van der Waals surface area contributed by atoms with Crippen molar-refractivity contribution in [3.8, 4) is 0 Å². The second kappa shape index (κ2) is 4.51. The average Bonchev–Trinajstić information content (AvgIpc) is 2.02. The van der Waals surface area contributed by atoms with E-state index in [-0.39, 0.29) is 6.54 Å². The molecule has 0 aromatic carbocycles. The third kappa shape index (κ3) is 3.15. The van der Waals surface area contributed by atoms with E-state index < -0.39 is 11.6 Å². The monoisotopic (exact) mass is 219 g/mol. The summed E-state index contributed by atoms with van der Waals surface area (Å²) in [5.41, 5.74) is -1.62. The Morgan fingerprint density at radius 3 is 2.86 bits per heavy atom. The van der Waals surface area contributed by atoms with Gasteiger partial charge < -0.3 is 10.2 Å². The van der Waals surface area contributed by atoms with Gasteiger partial charge >= 0.3 is 5.97 Å². The summed E-state index contributed by atoms with van der Waals surface area (Å²) in [6, 6.07) is 0. The molecular formula is C9H17NO3S. The van der Waals surface area contributed by atoms with Crippen LogP contribution < -0.4 is 0 Å². The van der Waals surface area contributed by atoms with E-state index in [2.05, 4.69) is 6.92 Å². The Morgan fingerprint density at radius 1 is 1.71 bits per heavy atom. The van der Waals surface area contributed by atoms with Gasteiger partial charge in [-0.25, -0.2) is 4.79 Å². The van der Waals surface area contributed by atoms with Gasteiger partial charge in [0.1, 0.15) is 0 Å². The minimum absolute atomic E-state index is 0.216. The lowest BCUT2D eigenvalue weighted by Gasteiger charge is -2.34. The van der Waals surface area contributed by atoms with Crippen molar-refractivity contribution in [1.82, 2.24) is 4.90 Å². The lowest BCUT2D eigenvalue weighted by atomic mass is 10.1. The minimum Gasteiger partial charge on any atom is -0.479 e. The first-order valence-corrected chi connectivity index (χ1v) is 5.76. The molecular weight excluding hydrogens is 202 g/mol. The van der Waals surface area contributed by atoms with Crippen LogP contribution in [-0.4, -0.2) is 57.3 Å². The molecule has 2 atom stereocenters. The molecule has 14 heavy (non-hydrogen) atoms. The Labute approximate surface area is 88.3 Å². The van der Waals surface area contributed by atoms with Crippen LogP contribution in [0.5, 0.6) is 0 Å². The van der Waals surface area contributed by atoms with Crippen molar-refractivity contribution in [1.29, 1.82) is 0 Å². The number of hydrogen-bond acceptors (Lipinski definition) is 4. The molecule has 0 bridgehead atoms. The van der Waals surface area contributed by atoms with Crippen LogP contribution in [0, 0.1) is 0 Å². The normalized spacial score (nSPS) is 28.4. The van der Waals surface area contributed by atoms with E-state index in [4.69, 9.17) is 5.11 Å². The number of aliphatic hydroxyl groups is 1. The highest BCUT2D eigenvalue weighted by molar-refractivity contribution is 7.99. The van der Waals surface area contributed by atoms with Gasteiger partial charge in [-0.05, 0) is 6.92 Å². The SMILES string of the molecule is CC1CN(CC(C)(O)C(=O)O)CCS1. The number of carboxylic acid groups (broad SMARTS) is 1. The summed E-state index contributed by atoms with van der Waals surface area (Å²) in [7, 11) is 0. The van der Waals surface area contributed by atoms with E-state index in [1.165, 1.54) is 6.92 Å². The number of carbonyl (C=O) groups is 1. The summed E-state index contributed by atoms with van der Waals surface area (Å²) in [4.78, 5) is 12.7. The molecule has 82 valence electrons. The topological polar surface area (TPSA) is 60.8 Å². The van der Waals surface area contributed by atoms with Crippen molar-refractivity contribution in [2.75, 3.05) is 25.4 Å². The number of thioether (sulfide) groups is 1. The highest BCUT2D eigenvalue weighted by Crippen LogP contribution is 2.19. The molecule has 1 aliphatic heterocycles. The fourth-order valence-corrected chi connectivity index (χ4v) is 2.62. The minimum atomic E-state index is -1.62. The summed E-state index contributed by atoms with van der Waals surface area (Å²) in [5, 5.41) is 18.9. The Hall–Kier alpha value is -0.260. The second-order valence-corrected chi connectivity index (χ2v) is 5.54. The fourth-order valence-electron chi connectivity index (χ4n) is 1.54. The van der Waals surface area contributed by atoms with Crippen molar-refractivity contribution < 1.29 is 15.0 Å². The van der Waals surface area contributed by atoms with Crippen LogP contribution in [0.15, 0.2) is 0 Å². The summed E-state index contributed by atoms with van der Waals surface area (Å²) in [6.07, 6.45) is 0. The van der Waals surface area contributed by atoms with Gasteiger partial charge in [0.15, 0.2) is 5.60 Å². The Balaban J connectivity index is 2.47. The lowest BCUT2D eigenvalue weighted by Crippen LogP contribution is -2.50. The molecule has 0 saturated carbocycles. The van der Waals surface area contributed by atoms with Gasteiger partial charge in [0.2, 0.25) is 0 Å². The van der Waals surface area contributed by atoms with Crippen LogP contribution >= 0.6 is 11.8 Å². The van der Waals surface area contributed by atoms with E-state index >= 15 is 0 Å². The van der Waals surface area contributed by atoms with Crippen LogP contribution in [0.2, 0.25) is 0 Å². The highest BCUT2D eigenvalue weighted by Gasteiger charge is 2.33. The average molecular weight is 219 g/mol. The zero-order valence-electron chi connectivity index (χ0n) is 8.56. The van der Waals surface area contributed by atoms with Crippen molar-refractivity contribution in [2.45, 2.75) is 24.7 Å². The molecule has 0 aromatic rings. The molecule has 1 rings (SSSR count). The molecule has 0 spiro atoms. The predicted molar refractivity (Wildman–Crippen MR) is 56.6 cm³/mol. The molecule has 0 amide bonds. The molecule has 5 heteroatoms.